The second-order valence-electron chi connectivity index (χ2n) is 5.86. The summed E-state index contributed by atoms with van der Waals surface area (Å²) in [5.74, 6) is -0.328. The molecule has 22 heavy (non-hydrogen) atoms. The lowest BCUT2D eigenvalue weighted by molar-refractivity contribution is 0.0527. The van der Waals surface area contributed by atoms with E-state index in [0.29, 0.717) is 31.6 Å². The predicted molar refractivity (Wildman–Crippen MR) is 83.6 cm³/mol. The van der Waals surface area contributed by atoms with Gasteiger partial charge in [-0.3, -0.25) is 9.89 Å². The van der Waals surface area contributed by atoms with E-state index in [0.717, 1.165) is 5.69 Å². The summed E-state index contributed by atoms with van der Waals surface area (Å²) >= 11 is 0. The highest BCUT2D eigenvalue weighted by molar-refractivity contribution is 5.97. The van der Waals surface area contributed by atoms with Gasteiger partial charge in [0.1, 0.15) is 5.60 Å². The first-order valence-electron chi connectivity index (χ1n) is 7.32. The molecule has 1 aromatic rings. The van der Waals surface area contributed by atoms with Crippen LogP contribution in [0.25, 0.3) is 0 Å². The summed E-state index contributed by atoms with van der Waals surface area (Å²) in [6, 6.07) is 0. The van der Waals surface area contributed by atoms with Gasteiger partial charge in [0.15, 0.2) is 5.69 Å². The average Bonchev–Trinajstić information content (AvgIpc) is 2.77. The molecule has 8 nitrogen and oxygen atoms in total. The third kappa shape index (κ3) is 5.63. The highest BCUT2D eigenvalue weighted by atomic mass is 16.6. The summed E-state index contributed by atoms with van der Waals surface area (Å²) in [4.78, 5) is 23.3. The van der Waals surface area contributed by atoms with Crippen molar-refractivity contribution in [2.24, 2.45) is 0 Å². The molecular weight excluding hydrogens is 286 g/mol. The number of aromatic nitrogens is 2. The Hall–Kier alpha value is -2.25. The van der Waals surface area contributed by atoms with E-state index in [1.165, 1.54) is 0 Å². The molecule has 0 spiro atoms. The van der Waals surface area contributed by atoms with Crippen molar-refractivity contribution in [1.29, 1.82) is 0 Å². The van der Waals surface area contributed by atoms with E-state index in [1.54, 1.807) is 20.8 Å². The van der Waals surface area contributed by atoms with Gasteiger partial charge in [-0.2, -0.15) is 5.10 Å². The number of carbonyl (C=O) groups excluding carboxylic acids is 2. The average molecular weight is 311 g/mol. The smallest absolute Gasteiger partial charge is 0.407 e. The maximum Gasteiger partial charge on any atom is 0.407 e. The van der Waals surface area contributed by atoms with Gasteiger partial charge in [-0.25, -0.2) is 4.79 Å². The third-order valence-electron chi connectivity index (χ3n) is 2.76. The number of H-pyrrole nitrogens is 1. The minimum absolute atomic E-state index is 0.206. The zero-order valence-electron chi connectivity index (χ0n) is 13.6. The fourth-order valence-electron chi connectivity index (χ4n) is 1.71. The van der Waals surface area contributed by atoms with Crippen molar-refractivity contribution in [2.75, 3.05) is 18.8 Å². The molecule has 124 valence electrons. The first-order valence-corrected chi connectivity index (χ1v) is 7.32. The number of nitrogens with two attached hydrogens (primary N) is 1. The number of rotatable bonds is 6. The quantitative estimate of drug-likeness (QED) is 0.588. The van der Waals surface area contributed by atoms with Gasteiger partial charge in [0.05, 0.1) is 11.4 Å². The number of nitrogens with one attached hydrogen (secondary N) is 3. The van der Waals surface area contributed by atoms with Crippen LogP contribution in [0.15, 0.2) is 0 Å². The molecule has 0 unspecified atom stereocenters. The van der Waals surface area contributed by atoms with Crippen LogP contribution in [0.2, 0.25) is 0 Å². The van der Waals surface area contributed by atoms with E-state index >= 15 is 0 Å². The normalized spacial score (nSPS) is 11.1. The number of nitrogen functional groups attached to an aromatic ring is 1. The Morgan fingerprint density at radius 3 is 2.45 bits per heavy atom. The highest BCUT2D eigenvalue weighted by Gasteiger charge is 2.17. The second-order valence-corrected chi connectivity index (χ2v) is 5.86. The van der Waals surface area contributed by atoms with Crippen molar-refractivity contribution in [2.45, 2.75) is 46.1 Å². The molecule has 5 N–H and O–H groups in total. The molecule has 0 bridgehead atoms. The van der Waals surface area contributed by atoms with Gasteiger partial charge in [0.25, 0.3) is 5.91 Å². The highest BCUT2D eigenvalue weighted by Crippen LogP contribution is 2.13. The van der Waals surface area contributed by atoms with Crippen molar-refractivity contribution in [3.63, 3.8) is 0 Å². The SMILES string of the molecule is CCc1[nH]nc(C(=O)NCCCNC(=O)OC(C)(C)C)c1N. The Labute approximate surface area is 130 Å². The zero-order valence-corrected chi connectivity index (χ0v) is 13.6. The molecule has 0 saturated heterocycles. The van der Waals surface area contributed by atoms with Crippen LogP contribution < -0.4 is 16.4 Å². The molecule has 0 aliphatic carbocycles. The number of ether oxygens (including phenoxy) is 1. The predicted octanol–water partition coefficient (Wildman–Crippen LogP) is 1.20. The molecule has 0 aromatic carbocycles. The van der Waals surface area contributed by atoms with Gasteiger partial charge in [0.2, 0.25) is 0 Å². The first-order chi connectivity index (χ1) is 10.2. The summed E-state index contributed by atoms with van der Waals surface area (Å²) in [6.07, 6.45) is 0.796. The van der Waals surface area contributed by atoms with Crippen LogP contribution in [0.1, 0.15) is 50.3 Å². The summed E-state index contributed by atoms with van der Waals surface area (Å²) in [5.41, 5.74) is 6.63. The molecule has 1 rings (SSSR count). The minimum atomic E-state index is -0.521. The van der Waals surface area contributed by atoms with E-state index in [1.807, 2.05) is 6.92 Å². The Morgan fingerprint density at radius 1 is 1.27 bits per heavy atom. The van der Waals surface area contributed by atoms with E-state index < -0.39 is 11.7 Å². The van der Waals surface area contributed by atoms with Crippen LogP contribution in [0.5, 0.6) is 0 Å². The number of carbonyl (C=O) groups is 2. The van der Waals surface area contributed by atoms with Gasteiger partial charge in [0, 0.05) is 13.1 Å². The maximum atomic E-state index is 11.9. The van der Waals surface area contributed by atoms with Crippen molar-refractivity contribution in [3.8, 4) is 0 Å². The van der Waals surface area contributed by atoms with Gasteiger partial charge < -0.3 is 21.1 Å². The Bertz CT molecular complexity index is 519. The van der Waals surface area contributed by atoms with Crippen LogP contribution in [0.4, 0.5) is 10.5 Å². The summed E-state index contributed by atoms with van der Waals surface area (Å²) in [6.45, 7) is 8.13. The number of hydrogen-bond acceptors (Lipinski definition) is 5. The number of nitrogens with zero attached hydrogens (tertiary/aromatic N) is 1. The molecular formula is C14H25N5O3. The fraction of sp³-hybridized carbons (Fsp3) is 0.643. The van der Waals surface area contributed by atoms with Gasteiger partial charge >= 0.3 is 6.09 Å². The van der Waals surface area contributed by atoms with E-state index in [9.17, 15) is 9.59 Å². The Morgan fingerprint density at radius 2 is 1.91 bits per heavy atom. The summed E-state index contributed by atoms with van der Waals surface area (Å²) in [7, 11) is 0. The van der Waals surface area contributed by atoms with Crippen molar-refractivity contribution < 1.29 is 14.3 Å². The van der Waals surface area contributed by atoms with Gasteiger partial charge in [-0.15, -0.1) is 0 Å². The lowest BCUT2D eigenvalue weighted by Gasteiger charge is -2.19. The van der Waals surface area contributed by atoms with Gasteiger partial charge in [-0.05, 0) is 33.6 Å². The van der Waals surface area contributed by atoms with Crippen LogP contribution in [-0.2, 0) is 11.2 Å². The number of aryl methyl sites for hydroxylation is 1. The lowest BCUT2D eigenvalue weighted by Crippen LogP contribution is -2.34. The number of hydrogen-bond donors (Lipinski definition) is 4. The Kier molecular flexibility index (Phi) is 6.21. The van der Waals surface area contributed by atoms with Crippen LogP contribution in [0, 0.1) is 0 Å². The van der Waals surface area contributed by atoms with Crippen LogP contribution in [-0.4, -0.2) is 40.9 Å². The van der Waals surface area contributed by atoms with E-state index in [2.05, 4.69) is 20.8 Å². The molecule has 0 saturated carbocycles. The summed E-state index contributed by atoms with van der Waals surface area (Å²) < 4.78 is 5.10. The molecule has 0 aliphatic heterocycles. The van der Waals surface area contributed by atoms with Crippen molar-refractivity contribution >= 4 is 17.7 Å². The second kappa shape index (κ2) is 7.67. The molecule has 0 aliphatic rings. The number of alkyl carbamates (subject to hydrolysis) is 1. The molecule has 0 atom stereocenters. The first kappa shape index (κ1) is 17.8. The molecule has 1 aromatic heterocycles. The van der Waals surface area contributed by atoms with E-state index in [-0.39, 0.29) is 11.6 Å². The molecule has 8 heteroatoms. The molecule has 2 amide bonds. The van der Waals surface area contributed by atoms with E-state index in [4.69, 9.17) is 10.5 Å². The lowest BCUT2D eigenvalue weighted by atomic mass is 10.2. The summed E-state index contributed by atoms with van der Waals surface area (Å²) in [5, 5.41) is 12.0. The molecule has 0 fully saturated rings. The topological polar surface area (TPSA) is 122 Å². The van der Waals surface area contributed by atoms with Crippen molar-refractivity contribution in [1.82, 2.24) is 20.8 Å². The van der Waals surface area contributed by atoms with Crippen LogP contribution >= 0.6 is 0 Å². The minimum Gasteiger partial charge on any atom is -0.444 e. The fourth-order valence-corrected chi connectivity index (χ4v) is 1.71. The monoisotopic (exact) mass is 311 g/mol. The Balaban J connectivity index is 2.26. The molecule has 0 radical (unpaired) electrons. The molecule has 1 heterocycles. The largest absolute Gasteiger partial charge is 0.444 e. The van der Waals surface area contributed by atoms with Gasteiger partial charge in [-0.1, -0.05) is 6.92 Å². The standard InChI is InChI=1S/C14H25N5O3/c1-5-9-10(15)11(19-18-9)12(20)16-7-6-8-17-13(21)22-14(2,3)4/h5-8,15H2,1-4H3,(H,16,20)(H,17,21)(H,18,19). The van der Waals surface area contributed by atoms with Crippen LogP contribution in [0.3, 0.4) is 0 Å². The van der Waals surface area contributed by atoms with Crippen molar-refractivity contribution in [3.05, 3.63) is 11.4 Å². The maximum absolute atomic E-state index is 11.9. The third-order valence-corrected chi connectivity index (χ3v) is 2.76. The zero-order chi connectivity index (χ0) is 16.8. The number of amides is 2. The number of anilines is 1. The number of aromatic amines is 1.